The van der Waals surface area contributed by atoms with Gasteiger partial charge in [0, 0.05) is 19.1 Å². The van der Waals surface area contributed by atoms with Gasteiger partial charge in [-0.2, -0.15) is 0 Å². The summed E-state index contributed by atoms with van der Waals surface area (Å²) in [6.45, 7) is 5.70. The second-order valence-corrected chi connectivity index (χ2v) is 3.86. The largest absolute Gasteiger partial charge is 0.309 e. The van der Waals surface area contributed by atoms with Gasteiger partial charge >= 0.3 is 0 Å². The highest BCUT2D eigenvalue weighted by molar-refractivity contribution is 5.32. The second kappa shape index (κ2) is 3.19. The Morgan fingerprint density at radius 1 is 1.50 bits per heavy atom. The van der Waals surface area contributed by atoms with Crippen LogP contribution in [0.15, 0.2) is 11.1 Å². The summed E-state index contributed by atoms with van der Waals surface area (Å²) in [5, 5.41) is 3.43. The summed E-state index contributed by atoms with van der Waals surface area (Å²) in [5.41, 5.74) is 3.39. The molecule has 0 radical (unpaired) electrons. The highest BCUT2D eigenvalue weighted by Crippen LogP contribution is 2.31. The van der Waals surface area contributed by atoms with E-state index < -0.39 is 0 Å². The molecule has 0 saturated heterocycles. The molecule has 2 heteroatoms. The number of rotatable bonds is 2. The van der Waals surface area contributed by atoms with Gasteiger partial charge in [-0.05, 0) is 32.0 Å². The van der Waals surface area contributed by atoms with Crippen molar-refractivity contribution in [3.05, 3.63) is 11.1 Å². The van der Waals surface area contributed by atoms with Gasteiger partial charge < -0.3 is 5.32 Å². The fraction of sp³-hybridized carbons (Fsp3) is 0.800. The molecule has 2 rings (SSSR count). The van der Waals surface area contributed by atoms with Crippen LogP contribution in [0.3, 0.4) is 0 Å². The van der Waals surface area contributed by atoms with E-state index >= 15 is 0 Å². The van der Waals surface area contributed by atoms with E-state index in [1.165, 1.54) is 19.4 Å². The van der Waals surface area contributed by atoms with E-state index in [2.05, 4.69) is 24.2 Å². The zero-order valence-electron chi connectivity index (χ0n) is 8.06. The molecule has 1 aliphatic heterocycles. The first-order valence-corrected chi connectivity index (χ1v) is 4.94. The molecule has 0 amide bonds. The zero-order valence-corrected chi connectivity index (χ0v) is 8.06. The molecule has 1 N–H and O–H groups in total. The van der Waals surface area contributed by atoms with E-state index in [1.807, 2.05) is 0 Å². The smallest absolute Gasteiger partial charge is 0.0323 e. The SMILES string of the molecule is CCN(C)C1CCC2=C1CNC2. The zero-order chi connectivity index (χ0) is 8.55. The Bertz CT molecular complexity index is 208. The third-order valence-corrected chi connectivity index (χ3v) is 3.26. The van der Waals surface area contributed by atoms with Crippen LogP contribution in [0.5, 0.6) is 0 Å². The van der Waals surface area contributed by atoms with Gasteiger partial charge in [-0.3, -0.25) is 4.90 Å². The molecule has 0 bridgehead atoms. The van der Waals surface area contributed by atoms with Gasteiger partial charge in [-0.1, -0.05) is 12.5 Å². The van der Waals surface area contributed by atoms with Gasteiger partial charge in [0.05, 0.1) is 0 Å². The van der Waals surface area contributed by atoms with Crippen LogP contribution in [0, 0.1) is 0 Å². The molecule has 0 spiro atoms. The molecule has 12 heavy (non-hydrogen) atoms. The Balaban J connectivity index is 2.09. The minimum absolute atomic E-state index is 0.750. The summed E-state index contributed by atoms with van der Waals surface area (Å²) >= 11 is 0. The summed E-state index contributed by atoms with van der Waals surface area (Å²) in [6.07, 6.45) is 2.69. The minimum atomic E-state index is 0.750. The van der Waals surface area contributed by atoms with Crippen molar-refractivity contribution in [3.8, 4) is 0 Å². The van der Waals surface area contributed by atoms with Gasteiger partial charge in [-0.25, -0.2) is 0 Å². The van der Waals surface area contributed by atoms with Gasteiger partial charge in [0.25, 0.3) is 0 Å². The van der Waals surface area contributed by atoms with E-state index in [1.54, 1.807) is 11.1 Å². The summed E-state index contributed by atoms with van der Waals surface area (Å²) in [7, 11) is 2.24. The van der Waals surface area contributed by atoms with Crippen LogP contribution in [0.2, 0.25) is 0 Å². The summed E-state index contributed by atoms with van der Waals surface area (Å²) in [4.78, 5) is 2.47. The quantitative estimate of drug-likeness (QED) is 0.616. The van der Waals surface area contributed by atoms with Crippen LogP contribution in [0.1, 0.15) is 19.8 Å². The molecule has 2 aliphatic rings. The fourth-order valence-corrected chi connectivity index (χ4v) is 2.38. The molecule has 1 aliphatic carbocycles. The lowest BCUT2D eigenvalue weighted by molar-refractivity contribution is 0.281. The summed E-state index contributed by atoms with van der Waals surface area (Å²) < 4.78 is 0. The van der Waals surface area contributed by atoms with Gasteiger partial charge in [0.15, 0.2) is 0 Å². The van der Waals surface area contributed by atoms with Crippen LogP contribution in [-0.2, 0) is 0 Å². The van der Waals surface area contributed by atoms with E-state index in [4.69, 9.17) is 0 Å². The first kappa shape index (κ1) is 8.27. The first-order valence-electron chi connectivity index (χ1n) is 4.94. The Hall–Kier alpha value is -0.340. The average Bonchev–Trinajstić information content (AvgIpc) is 2.62. The Kier molecular flexibility index (Phi) is 2.20. The Labute approximate surface area is 74.6 Å². The predicted molar refractivity (Wildman–Crippen MR) is 51.2 cm³/mol. The molecular formula is C10H18N2. The van der Waals surface area contributed by atoms with Crippen molar-refractivity contribution in [2.75, 3.05) is 26.7 Å². The maximum absolute atomic E-state index is 3.43. The number of nitrogens with one attached hydrogen (secondary N) is 1. The van der Waals surface area contributed by atoms with E-state index in [9.17, 15) is 0 Å². The summed E-state index contributed by atoms with van der Waals surface area (Å²) in [6, 6.07) is 0.750. The lowest BCUT2D eigenvalue weighted by Gasteiger charge is -2.24. The highest BCUT2D eigenvalue weighted by Gasteiger charge is 2.29. The third kappa shape index (κ3) is 1.19. The number of likely N-dealkylation sites (N-methyl/N-ethyl adjacent to an activating group) is 1. The summed E-state index contributed by atoms with van der Waals surface area (Å²) in [5.74, 6) is 0. The molecule has 0 fully saturated rings. The molecule has 1 atom stereocenters. The van der Waals surface area contributed by atoms with E-state index in [-0.39, 0.29) is 0 Å². The molecule has 0 aromatic carbocycles. The molecule has 2 nitrogen and oxygen atoms in total. The van der Waals surface area contributed by atoms with Crippen molar-refractivity contribution in [3.63, 3.8) is 0 Å². The maximum atomic E-state index is 3.43. The van der Waals surface area contributed by atoms with Gasteiger partial charge in [0.1, 0.15) is 0 Å². The predicted octanol–water partition coefficient (Wildman–Crippen LogP) is 1.00. The standard InChI is InChI=1S/C10H18N2/c1-3-12(2)10-5-4-8-6-11-7-9(8)10/h10-11H,3-7H2,1-2H3. The maximum Gasteiger partial charge on any atom is 0.0323 e. The van der Waals surface area contributed by atoms with Crippen molar-refractivity contribution in [2.24, 2.45) is 0 Å². The lowest BCUT2D eigenvalue weighted by Crippen LogP contribution is -2.33. The highest BCUT2D eigenvalue weighted by atomic mass is 15.1. The van der Waals surface area contributed by atoms with Crippen LogP contribution in [0.4, 0.5) is 0 Å². The topological polar surface area (TPSA) is 15.3 Å². The van der Waals surface area contributed by atoms with Crippen molar-refractivity contribution >= 4 is 0 Å². The molecule has 0 saturated carbocycles. The van der Waals surface area contributed by atoms with Crippen molar-refractivity contribution in [1.29, 1.82) is 0 Å². The molecule has 68 valence electrons. The van der Waals surface area contributed by atoms with Crippen LogP contribution < -0.4 is 5.32 Å². The number of hydrogen-bond acceptors (Lipinski definition) is 2. The Morgan fingerprint density at radius 3 is 3.08 bits per heavy atom. The molecule has 0 aromatic heterocycles. The second-order valence-electron chi connectivity index (χ2n) is 3.86. The molecule has 1 unspecified atom stereocenters. The molecule has 0 aromatic rings. The van der Waals surface area contributed by atoms with Gasteiger partial charge in [0.2, 0.25) is 0 Å². The van der Waals surface area contributed by atoms with Crippen LogP contribution in [-0.4, -0.2) is 37.6 Å². The van der Waals surface area contributed by atoms with Crippen molar-refractivity contribution in [2.45, 2.75) is 25.8 Å². The monoisotopic (exact) mass is 166 g/mol. The van der Waals surface area contributed by atoms with Gasteiger partial charge in [-0.15, -0.1) is 0 Å². The average molecular weight is 166 g/mol. The number of hydrogen-bond donors (Lipinski definition) is 1. The molecule has 1 heterocycles. The number of nitrogens with zero attached hydrogens (tertiary/aromatic N) is 1. The minimum Gasteiger partial charge on any atom is -0.309 e. The van der Waals surface area contributed by atoms with Crippen LogP contribution >= 0.6 is 0 Å². The molecular weight excluding hydrogens is 148 g/mol. The van der Waals surface area contributed by atoms with Crippen molar-refractivity contribution in [1.82, 2.24) is 10.2 Å². The van der Waals surface area contributed by atoms with E-state index in [0.717, 1.165) is 19.1 Å². The lowest BCUT2D eigenvalue weighted by atomic mass is 10.1. The van der Waals surface area contributed by atoms with Crippen molar-refractivity contribution < 1.29 is 0 Å². The van der Waals surface area contributed by atoms with Crippen LogP contribution in [0.25, 0.3) is 0 Å². The first-order chi connectivity index (χ1) is 5.83. The Morgan fingerprint density at radius 2 is 2.33 bits per heavy atom. The third-order valence-electron chi connectivity index (χ3n) is 3.26. The normalized spacial score (nSPS) is 28.8. The van der Waals surface area contributed by atoms with E-state index in [0.29, 0.717) is 0 Å². The fourth-order valence-electron chi connectivity index (χ4n) is 2.38.